The van der Waals surface area contributed by atoms with Gasteiger partial charge >= 0.3 is 0 Å². The summed E-state index contributed by atoms with van der Waals surface area (Å²) in [6.07, 6.45) is 2.89. The number of hydrogen-bond acceptors (Lipinski definition) is 1. The molecule has 0 aliphatic carbocycles. The van der Waals surface area contributed by atoms with Crippen LogP contribution in [-0.4, -0.2) is 15.4 Å². The Bertz CT molecular complexity index is 593. The molecule has 0 unspecified atom stereocenters. The first-order chi connectivity index (χ1) is 9.52. The van der Waals surface area contributed by atoms with Crippen molar-refractivity contribution in [1.29, 1.82) is 0 Å². The zero-order chi connectivity index (χ0) is 14.7. The number of halogens is 3. The molecular weight excluding hydrogens is 298 g/mol. The highest BCUT2D eigenvalue weighted by atomic mass is 35.5. The quantitative estimate of drug-likeness (QED) is 0.682. The molecule has 1 heterocycles. The number of imidazole rings is 1. The van der Waals surface area contributed by atoms with Gasteiger partial charge < -0.3 is 4.57 Å². The molecule has 20 heavy (non-hydrogen) atoms. The fraction of sp³-hybridized carbons (Fsp3) is 0.533. The molecule has 0 aliphatic rings. The molecule has 0 aliphatic heterocycles. The molecule has 2 rings (SSSR count). The first-order valence-electron chi connectivity index (χ1n) is 6.93. The predicted molar refractivity (Wildman–Crippen MR) is 83.2 cm³/mol. The van der Waals surface area contributed by atoms with Gasteiger partial charge in [0.1, 0.15) is 11.6 Å². The van der Waals surface area contributed by atoms with Gasteiger partial charge in [-0.1, -0.05) is 25.4 Å². The number of aromatic nitrogens is 2. The van der Waals surface area contributed by atoms with Crippen LogP contribution in [0.5, 0.6) is 0 Å². The average Bonchev–Trinajstić information content (AvgIpc) is 2.68. The van der Waals surface area contributed by atoms with Gasteiger partial charge in [0, 0.05) is 24.9 Å². The van der Waals surface area contributed by atoms with Crippen LogP contribution in [0.2, 0.25) is 5.02 Å². The van der Waals surface area contributed by atoms with Crippen LogP contribution in [0.4, 0.5) is 4.39 Å². The molecule has 0 saturated carbocycles. The first-order valence-corrected chi connectivity index (χ1v) is 7.84. The highest BCUT2D eigenvalue weighted by molar-refractivity contribution is 6.31. The fourth-order valence-electron chi connectivity index (χ4n) is 2.35. The van der Waals surface area contributed by atoms with Gasteiger partial charge in [0.2, 0.25) is 0 Å². The van der Waals surface area contributed by atoms with Gasteiger partial charge in [0.25, 0.3) is 0 Å². The van der Waals surface area contributed by atoms with E-state index >= 15 is 0 Å². The van der Waals surface area contributed by atoms with Gasteiger partial charge in [-0.25, -0.2) is 9.37 Å². The number of fused-ring (bicyclic) bond motifs is 1. The third kappa shape index (κ3) is 3.44. The molecule has 0 radical (unpaired) electrons. The molecule has 2 aromatic rings. The summed E-state index contributed by atoms with van der Waals surface area (Å²) in [4.78, 5) is 4.48. The zero-order valence-corrected chi connectivity index (χ0v) is 13.3. The van der Waals surface area contributed by atoms with Gasteiger partial charge in [-0.2, -0.15) is 0 Å². The van der Waals surface area contributed by atoms with E-state index in [4.69, 9.17) is 23.2 Å². The Morgan fingerprint density at radius 1 is 1.35 bits per heavy atom. The maximum atomic E-state index is 13.5. The van der Waals surface area contributed by atoms with E-state index in [1.165, 1.54) is 6.07 Å². The zero-order valence-electron chi connectivity index (χ0n) is 11.8. The third-order valence-corrected chi connectivity index (χ3v) is 3.83. The van der Waals surface area contributed by atoms with Crippen molar-refractivity contribution in [2.75, 3.05) is 5.88 Å². The average molecular weight is 317 g/mol. The predicted octanol–water partition coefficient (Wildman–Crippen LogP) is 5.05. The second-order valence-corrected chi connectivity index (χ2v) is 6.19. The molecule has 1 aromatic heterocycles. The van der Waals surface area contributed by atoms with Crippen molar-refractivity contribution in [1.82, 2.24) is 9.55 Å². The SMILES string of the molecule is CC(C)CCCn1c(CCCl)nc2cc(F)c(Cl)cc21. The molecule has 0 bridgehead atoms. The highest BCUT2D eigenvalue weighted by Gasteiger charge is 2.13. The van der Waals surface area contributed by atoms with E-state index in [-0.39, 0.29) is 5.02 Å². The minimum atomic E-state index is -0.427. The monoisotopic (exact) mass is 316 g/mol. The van der Waals surface area contributed by atoms with Crippen molar-refractivity contribution in [2.24, 2.45) is 5.92 Å². The third-order valence-electron chi connectivity index (χ3n) is 3.35. The molecule has 0 fully saturated rings. The summed E-state index contributed by atoms with van der Waals surface area (Å²) in [5, 5.41) is 0.139. The molecular formula is C15H19Cl2FN2. The molecule has 1 aromatic carbocycles. The fourth-order valence-corrected chi connectivity index (χ4v) is 2.68. The Hall–Kier alpha value is -0.800. The van der Waals surface area contributed by atoms with Crippen LogP contribution in [0.25, 0.3) is 11.0 Å². The summed E-state index contributed by atoms with van der Waals surface area (Å²) in [5.41, 5.74) is 1.54. The van der Waals surface area contributed by atoms with Gasteiger partial charge in [0.05, 0.1) is 16.1 Å². The lowest BCUT2D eigenvalue weighted by atomic mass is 10.1. The number of nitrogens with zero attached hydrogens (tertiary/aromatic N) is 2. The van der Waals surface area contributed by atoms with E-state index in [1.54, 1.807) is 6.07 Å². The second kappa shape index (κ2) is 6.77. The molecule has 110 valence electrons. The Labute approximate surface area is 128 Å². The molecule has 0 spiro atoms. The topological polar surface area (TPSA) is 17.8 Å². The number of rotatable bonds is 6. The van der Waals surface area contributed by atoms with Crippen molar-refractivity contribution in [3.8, 4) is 0 Å². The lowest BCUT2D eigenvalue weighted by Gasteiger charge is -2.10. The summed E-state index contributed by atoms with van der Waals surface area (Å²) in [7, 11) is 0. The summed E-state index contributed by atoms with van der Waals surface area (Å²) in [5.74, 6) is 1.65. The lowest BCUT2D eigenvalue weighted by molar-refractivity contribution is 0.510. The Morgan fingerprint density at radius 2 is 2.10 bits per heavy atom. The van der Waals surface area contributed by atoms with Crippen LogP contribution in [0.15, 0.2) is 12.1 Å². The normalized spacial score (nSPS) is 11.7. The largest absolute Gasteiger partial charge is 0.328 e. The van der Waals surface area contributed by atoms with Gasteiger partial charge in [-0.05, 0) is 24.8 Å². The lowest BCUT2D eigenvalue weighted by Crippen LogP contribution is -2.06. The molecule has 0 N–H and O–H groups in total. The number of alkyl halides is 1. The maximum Gasteiger partial charge on any atom is 0.144 e. The minimum Gasteiger partial charge on any atom is -0.328 e. The maximum absolute atomic E-state index is 13.5. The number of benzene rings is 1. The molecule has 2 nitrogen and oxygen atoms in total. The summed E-state index contributed by atoms with van der Waals surface area (Å²) >= 11 is 11.7. The molecule has 5 heteroatoms. The van der Waals surface area contributed by atoms with Crippen molar-refractivity contribution in [2.45, 2.75) is 39.7 Å². The van der Waals surface area contributed by atoms with Crippen LogP contribution in [0.1, 0.15) is 32.5 Å². The summed E-state index contributed by atoms with van der Waals surface area (Å²) < 4.78 is 15.6. The van der Waals surface area contributed by atoms with Crippen LogP contribution in [0.3, 0.4) is 0 Å². The number of aryl methyl sites for hydroxylation is 2. The second-order valence-electron chi connectivity index (χ2n) is 5.41. The van der Waals surface area contributed by atoms with E-state index < -0.39 is 5.82 Å². The van der Waals surface area contributed by atoms with Crippen LogP contribution in [0, 0.1) is 11.7 Å². The van der Waals surface area contributed by atoms with E-state index in [0.717, 1.165) is 30.7 Å². The Balaban J connectivity index is 2.37. The molecule has 0 atom stereocenters. The van der Waals surface area contributed by atoms with Gasteiger partial charge in [0.15, 0.2) is 0 Å². The highest BCUT2D eigenvalue weighted by Crippen LogP contribution is 2.25. The van der Waals surface area contributed by atoms with Crippen molar-refractivity contribution in [3.05, 3.63) is 28.8 Å². The Kier molecular flexibility index (Phi) is 5.28. The first kappa shape index (κ1) is 15.6. The van der Waals surface area contributed by atoms with Crippen LogP contribution < -0.4 is 0 Å². The molecule has 0 amide bonds. The molecule has 0 saturated heterocycles. The van der Waals surface area contributed by atoms with Crippen molar-refractivity contribution >= 4 is 34.2 Å². The number of hydrogen-bond donors (Lipinski definition) is 0. The minimum absolute atomic E-state index is 0.139. The van der Waals surface area contributed by atoms with E-state index in [0.29, 0.717) is 23.7 Å². The summed E-state index contributed by atoms with van der Waals surface area (Å²) in [6.45, 7) is 5.28. The van der Waals surface area contributed by atoms with E-state index in [1.807, 2.05) is 0 Å². The van der Waals surface area contributed by atoms with E-state index in [2.05, 4.69) is 23.4 Å². The standard InChI is InChI=1S/C15H19Cl2FN2/c1-10(2)4-3-7-20-14-8-11(17)12(18)9-13(14)19-15(20)5-6-16/h8-10H,3-7H2,1-2H3. The van der Waals surface area contributed by atoms with Gasteiger partial charge in [-0.15, -0.1) is 11.6 Å². The summed E-state index contributed by atoms with van der Waals surface area (Å²) in [6, 6.07) is 3.06. The smallest absolute Gasteiger partial charge is 0.144 e. The van der Waals surface area contributed by atoms with Crippen molar-refractivity contribution < 1.29 is 4.39 Å². The van der Waals surface area contributed by atoms with Crippen LogP contribution >= 0.6 is 23.2 Å². The van der Waals surface area contributed by atoms with Gasteiger partial charge in [-0.3, -0.25) is 0 Å². The van der Waals surface area contributed by atoms with Crippen molar-refractivity contribution in [3.63, 3.8) is 0 Å². The van der Waals surface area contributed by atoms with Crippen LogP contribution in [-0.2, 0) is 13.0 Å². The van der Waals surface area contributed by atoms with E-state index in [9.17, 15) is 4.39 Å². The Morgan fingerprint density at radius 3 is 2.75 bits per heavy atom.